The predicted octanol–water partition coefficient (Wildman–Crippen LogP) is 4.14. The number of benzene rings is 1. The molecular weight excluding hydrogens is 242 g/mol. The number of likely N-dealkylation sites (tertiary alicyclic amines) is 1. The monoisotopic (exact) mass is 263 g/mol. The number of thioether (sulfide) groups is 1. The van der Waals surface area contributed by atoms with Gasteiger partial charge in [-0.15, -0.1) is 0 Å². The maximum absolute atomic E-state index is 12.1. The van der Waals surface area contributed by atoms with Crippen molar-refractivity contribution in [1.82, 2.24) is 4.90 Å². The van der Waals surface area contributed by atoms with E-state index in [1.807, 2.05) is 4.90 Å². The van der Waals surface area contributed by atoms with Gasteiger partial charge in [0.2, 0.25) is 0 Å². The molecule has 1 aromatic carbocycles. The highest BCUT2D eigenvalue weighted by Gasteiger charge is 2.17. The molecule has 0 unspecified atom stereocenters. The van der Waals surface area contributed by atoms with E-state index in [0.29, 0.717) is 0 Å². The number of carbonyl (C=O) groups excluding carboxylic acids is 1. The molecule has 1 aliphatic heterocycles. The van der Waals surface area contributed by atoms with E-state index in [0.717, 1.165) is 31.7 Å². The lowest BCUT2D eigenvalue weighted by Gasteiger charge is -2.26. The first kappa shape index (κ1) is 13.5. The topological polar surface area (TPSA) is 20.3 Å². The van der Waals surface area contributed by atoms with Crippen LogP contribution in [0.3, 0.4) is 0 Å². The van der Waals surface area contributed by atoms with Crippen LogP contribution in [0.2, 0.25) is 0 Å². The zero-order valence-electron chi connectivity index (χ0n) is 11.2. The van der Waals surface area contributed by atoms with Gasteiger partial charge in [0.1, 0.15) is 0 Å². The Morgan fingerprint density at radius 2 is 1.94 bits per heavy atom. The van der Waals surface area contributed by atoms with Crippen molar-refractivity contribution >= 4 is 17.0 Å². The third kappa shape index (κ3) is 3.29. The third-order valence-electron chi connectivity index (χ3n) is 3.68. The zero-order chi connectivity index (χ0) is 13.0. The molecule has 0 N–H and O–H groups in total. The number of amides is 1. The second-order valence-corrected chi connectivity index (χ2v) is 5.89. The first-order valence-corrected chi connectivity index (χ1v) is 7.64. The van der Waals surface area contributed by atoms with E-state index in [4.69, 9.17) is 0 Å². The summed E-state index contributed by atoms with van der Waals surface area (Å²) in [6, 6.07) is 6.32. The van der Waals surface area contributed by atoms with Crippen molar-refractivity contribution in [3.8, 4) is 0 Å². The summed E-state index contributed by atoms with van der Waals surface area (Å²) in [6.45, 7) is 6.14. The minimum atomic E-state index is 0.246. The van der Waals surface area contributed by atoms with Crippen LogP contribution in [0.25, 0.3) is 0 Å². The van der Waals surface area contributed by atoms with Gasteiger partial charge in [-0.1, -0.05) is 30.0 Å². The molecule has 1 aliphatic rings. The van der Waals surface area contributed by atoms with Gasteiger partial charge in [0.25, 0.3) is 5.24 Å². The molecule has 0 aromatic heterocycles. The van der Waals surface area contributed by atoms with Crippen molar-refractivity contribution in [2.75, 3.05) is 13.1 Å². The third-order valence-corrected chi connectivity index (χ3v) is 4.64. The molecule has 0 bridgehead atoms. The van der Waals surface area contributed by atoms with Gasteiger partial charge in [0.05, 0.1) is 0 Å². The summed E-state index contributed by atoms with van der Waals surface area (Å²) in [6.07, 6.45) is 3.59. The maximum Gasteiger partial charge on any atom is 0.281 e. The van der Waals surface area contributed by atoms with Crippen LogP contribution in [-0.4, -0.2) is 23.2 Å². The summed E-state index contributed by atoms with van der Waals surface area (Å²) in [5, 5.41) is 0.246. The molecule has 0 saturated carbocycles. The fraction of sp³-hybridized carbons (Fsp3) is 0.533. The molecule has 1 heterocycles. The predicted molar refractivity (Wildman–Crippen MR) is 78.0 cm³/mol. The van der Waals surface area contributed by atoms with Crippen molar-refractivity contribution in [2.45, 2.75) is 38.9 Å². The Bertz CT molecular complexity index is 425. The van der Waals surface area contributed by atoms with Crippen LogP contribution in [0.5, 0.6) is 0 Å². The number of aryl methyl sites for hydroxylation is 1. The molecule has 3 heteroatoms. The summed E-state index contributed by atoms with van der Waals surface area (Å²) in [7, 11) is 0. The molecule has 2 nitrogen and oxygen atoms in total. The number of rotatable bonds is 2. The van der Waals surface area contributed by atoms with Gasteiger partial charge in [-0.2, -0.15) is 0 Å². The molecule has 2 rings (SSSR count). The smallest absolute Gasteiger partial charge is 0.281 e. The molecule has 18 heavy (non-hydrogen) atoms. The Hall–Kier alpha value is -0.960. The van der Waals surface area contributed by atoms with Gasteiger partial charge >= 0.3 is 0 Å². The lowest BCUT2D eigenvalue weighted by molar-refractivity contribution is 0.211. The van der Waals surface area contributed by atoms with Crippen LogP contribution in [0.15, 0.2) is 18.2 Å². The Balaban J connectivity index is 1.90. The largest absolute Gasteiger partial charge is 0.334 e. The molecule has 1 aromatic rings. The van der Waals surface area contributed by atoms with Crippen molar-refractivity contribution in [3.63, 3.8) is 0 Å². The van der Waals surface area contributed by atoms with E-state index in [9.17, 15) is 4.79 Å². The van der Waals surface area contributed by atoms with E-state index < -0.39 is 0 Å². The van der Waals surface area contributed by atoms with Crippen LogP contribution in [0.4, 0.5) is 4.79 Å². The van der Waals surface area contributed by atoms with E-state index >= 15 is 0 Å². The van der Waals surface area contributed by atoms with E-state index in [1.54, 1.807) is 0 Å². The Kier molecular flexibility index (Phi) is 4.70. The lowest BCUT2D eigenvalue weighted by Crippen LogP contribution is -2.32. The highest BCUT2D eigenvalue weighted by molar-refractivity contribution is 8.12. The Labute approximate surface area is 114 Å². The van der Waals surface area contributed by atoms with Crippen molar-refractivity contribution in [1.29, 1.82) is 0 Å². The fourth-order valence-corrected chi connectivity index (χ4v) is 3.23. The SMILES string of the molecule is Cc1cccc(CSC(=O)N2CCCCC2)c1C. The van der Waals surface area contributed by atoms with Gasteiger partial charge in [0.15, 0.2) is 0 Å². The van der Waals surface area contributed by atoms with Gasteiger partial charge in [-0.05, 0) is 49.8 Å². The molecular formula is C15H21NOS. The van der Waals surface area contributed by atoms with Crippen LogP contribution < -0.4 is 0 Å². The molecule has 0 radical (unpaired) electrons. The first-order valence-electron chi connectivity index (χ1n) is 6.65. The highest BCUT2D eigenvalue weighted by Crippen LogP contribution is 2.22. The molecule has 1 fully saturated rings. The average Bonchev–Trinajstić information content (AvgIpc) is 2.41. The van der Waals surface area contributed by atoms with Crippen LogP contribution in [-0.2, 0) is 5.75 Å². The normalized spacial score (nSPS) is 15.8. The summed E-state index contributed by atoms with van der Waals surface area (Å²) < 4.78 is 0. The number of carbonyl (C=O) groups is 1. The average molecular weight is 263 g/mol. The Morgan fingerprint density at radius 3 is 2.67 bits per heavy atom. The first-order chi connectivity index (χ1) is 8.68. The van der Waals surface area contributed by atoms with Crippen molar-refractivity contribution < 1.29 is 4.79 Å². The highest BCUT2D eigenvalue weighted by atomic mass is 32.2. The molecule has 1 saturated heterocycles. The number of nitrogens with zero attached hydrogens (tertiary/aromatic N) is 1. The summed E-state index contributed by atoms with van der Waals surface area (Å²) >= 11 is 1.45. The molecule has 0 aliphatic carbocycles. The summed E-state index contributed by atoms with van der Waals surface area (Å²) in [5.74, 6) is 0.794. The van der Waals surface area contributed by atoms with Crippen LogP contribution in [0, 0.1) is 13.8 Å². The second-order valence-electron chi connectivity index (χ2n) is 4.96. The Morgan fingerprint density at radius 1 is 1.22 bits per heavy atom. The molecule has 0 spiro atoms. The summed E-state index contributed by atoms with van der Waals surface area (Å²) in [4.78, 5) is 14.1. The van der Waals surface area contributed by atoms with E-state index in [2.05, 4.69) is 32.0 Å². The summed E-state index contributed by atoms with van der Waals surface area (Å²) in [5.41, 5.74) is 3.90. The molecule has 98 valence electrons. The van der Waals surface area contributed by atoms with Crippen molar-refractivity contribution in [3.05, 3.63) is 34.9 Å². The lowest BCUT2D eigenvalue weighted by atomic mass is 10.1. The van der Waals surface area contributed by atoms with Crippen LogP contribution >= 0.6 is 11.8 Å². The number of hydrogen-bond acceptors (Lipinski definition) is 2. The van der Waals surface area contributed by atoms with Gasteiger partial charge in [0, 0.05) is 18.8 Å². The van der Waals surface area contributed by atoms with Gasteiger partial charge in [-0.25, -0.2) is 0 Å². The second kappa shape index (κ2) is 6.28. The minimum absolute atomic E-state index is 0.246. The minimum Gasteiger partial charge on any atom is -0.334 e. The molecule has 1 amide bonds. The fourth-order valence-electron chi connectivity index (χ4n) is 2.28. The quantitative estimate of drug-likeness (QED) is 0.799. The molecule has 0 atom stereocenters. The number of hydrogen-bond donors (Lipinski definition) is 0. The van der Waals surface area contributed by atoms with Gasteiger partial charge in [-0.3, -0.25) is 4.79 Å². The maximum atomic E-state index is 12.1. The van der Waals surface area contributed by atoms with E-state index in [-0.39, 0.29) is 5.24 Å². The van der Waals surface area contributed by atoms with E-state index in [1.165, 1.54) is 34.9 Å². The van der Waals surface area contributed by atoms with Crippen molar-refractivity contribution in [2.24, 2.45) is 0 Å². The number of piperidine rings is 1. The van der Waals surface area contributed by atoms with Gasteiger partial charge < -0.3 is 4.90 Å². The zero-order valence-corrected chi connectivity index (χ0v) is 12.1. The van der Waals surface area contributed by atoms with Crippen LogP contribution in [0.1, 0.15) is 36.0 Å². The standard InChI is InChI=1S/C15H21NOS/c1-12-7-6-8-14(13(12)2)11-18-15(17)16-9-4-3-5-10-16/h6-8H,3-5,9-11H2,1-2H3.